The van der Waals surface area contributed by atoms with E-state index in [2.05, 4.69) is 6.58 Å². The van der Waals surface area contributed by atoms with Crippen LogP contribution in [0.4, 0.5) is 0 Å². The average Bonchev–Trinajstić information content (AvgIpc) is 3.26. The highest BCUT2D eigenvalue weighted by Gasteiger charge is 2.45. The van der Waals surface area contributed by atoms with Crippen molar-refractivity contribution < 1.29 is 37.3 Å². The van der Waals surface area contributed by atoms with Gasteiger partial charge in [0.25, 0.3) is 0 Å². The Kier molecular flexibility index (Phi) is 9.08. The lowest BCUT2D eigenvalue weighted by atomic mass is 10.0. The van der Waals surface area contributed by atoms with Crippen LogP contribution in [0.5, 0.6) is 0 Å². The summed E-state index contributed by atoms with van der Waals surface area (Å²) in [5.41, 5.74) is 0.617. The maximum atomic E-state index is 13.1. The van der Waals surface area contributed by atoms with E-state index in [1.165, 1.54) is 18.2 Å². The van der Waals surface area contributed by atoms with E-state index >= 15 is 0 Å². The van der Waals surface area contributed by atoms with Crippen molar-refractivity contribution in [3.8, 4) is 0 Å². The lowest BCUT2D eigenvalue weighted by Crippen LogP contribution is -2.42. The molecule has 3 aromatic carbocycles. The van der Waals surface area contributed by atoms with E-state index in [0.29, 0.717) is 0 Å². The molecule has 0 spiro atoms. The van der Waals surface area contributed by atoms with Gasteiger partial charge in [0.1, 0.15) is 18.8 Å². The molecule has 39 heavy (non-hydrogen) atoms. The van der Waals surface area contributed by atoms with Gasteiger partial charge in [-0.2, -0.15) is 0 Å². The molecular weight excluding hydrogens is 520 g/mol. The molecule has 8 nitrogen and oxygen atoms in total. The maximum absolute atomic E-state index is 13.1. The van der Waals surface area contributed by atoms with Gasteiger partial charge in [-0.05, 0) is 42.8 Å². The Morgan fingerprint density at radius 2 is 1.44 bits per heavy atom. The highest BCUT2D eigenvalue weighted by molar-refractivity contribution is 7.94. The standard InChI is InChI=1S/C30H28O8S/c1-2-12-25-24(20-39(34,35)23-17-10-5-11-18-23)27(31)28(37-25)26(38-30(33)22-15-8-4-9-16-22)19-36-29(32)21-13-6-3-7-14-21/h2-11,13-18,20,25-28,31H,1,12,19H2/b24-20+/t25-,26?,27+,28+/m0/s1. The molecular formula is C30H28O8S. The monoisotopic (exact) mass is 548 g/mol. The lowest BCUT2D eigenvalue weighted by molar-refractivity contribution is -0.0920. The molecule has 1 saturated heterocycles. The third kappa shape index (κ3) is 6.88. The summed E-state index contributed by atoms with van der Waals surface area (Å²) in [7, 11) is -3.93. The van der Waals surface area contributed by atoms with Crippen LogP contribution in [0.2, 0.25) is 0 Å². The molecule has 1 fully saturated rings. The third-order valence-corrected chi connectivity index (χ3v) is 7.62. The number of carbonyl (C=O) groups excluding carboxylic acids is 2. The first-order valence-electron chi connectivity index (χ1n) is 12.2. The molecule has 0 radical (unpaired) electrons. The third-order valence-electron chi connectivity index (χ3n) is 6.11. The Bertz CT molecular complexity index is 1420. The highest BCUT2D eigenvalue weighted by atomic mass is 32.2. The molecule has 4 atom stereocenters. The zero-order valence-electron chi connectivity index (χ0n) is 21.0. The fraction of sp³-hybridized carbons (Fsp3) is 0.200. The van der Waals surface area contributed by atoms with Gasteiger partial charge in [-0.1, -0.05) is 60.7 Å². The quantitative estimate of drug-likeness (QED) is 0.297. The summed E-state index contributed by atoms with van der Waals surface area (Å²) in [5.74, 6) is -1.38. The number of carbonyl (C=O) groups is 2. The summed E-state index contributed by atoms with van der Waals surface area (Å²) in [5, 5.41) is 12.2. The molecule has 0 bridgehead atoms. The van der Waals surface area contributed by atoms with E-state index in [0.717, 1.165) is 5.41 Å². The number of sulfone groups is 1. The molecule has 1 aliphatic rings. The van der Waals surface area contributed by atoms with Crippen LogP contribution in [0.15, 0.2) is 120 Å². The van der Waals surface area contributed by atoms with E-state index < -0.39 is 52.8 Å². The van der Waals surface area contributed by atoms with Crippen molar-refractivity contribution >= 4 is 21.8 Å². The topological polar surface area (TPSA) is 116 Å². The predicted molar refractivity (Wildman–Crippen MR) is 144 cm³/mol. The Hall–Kier alpha value is -4.05. The molecule has 1 aliphatic heterocycles. The minimum absolute atomic E-state index is 0.0503. The Labute approximate surface area is 227 Å². The van der Waals surface area contributed by atoms with Gasteiger partial charge < -0.3 is 19.3 Å². The minimum Gasteiger partial charge on any atom is -0.458 e. The number of aliphatic hydroxyl groups is 1. The number of ether oxygens (including phenoxy) is 3. The maximum Gasteiger partial charge on any atom is 0.338 e. The zero-order chi connectivity index (χ0) is 27.8. The van der Waals surface area contributed by atoms with Crippen LogP contribution in [0.25, 0.3) is 0 Å². The largest absolute Gasteiger partial charge is 0.458 e. The molecule has 0 aromatic heterocycles. The van der Waals surface area contributed by atoms with E-state index in [-0.39, 0.29) is 28.0 Å². The summed E-state index contributed by atoms with van der Waals surface area (Å²) in [6, 6.07) is 24.2. The summed E-state index contributed by atoms with van der Waals surface area (Å²) in [6.45, 7) is 3.26. The van der Waals surface area contributed by atoms with Gasteiger partial charge in [-0.25, -0.2) is 18.0 Å². The Morgan fingerprint density at radius 3 is 2.00 bits per heavy atom. The molecule has 0 amide bonds. The summed E-state index contributed by atoms with van der Waals surface area (Å²) in [6.07, 6.45) is -3.08. The molecule has 4 rings (SSSR count). The first-order valence-corrected chi connectivity index (χ1v) is 13.8. The van der Waals surface area contributed by atoms with Crippen molar-refractivity contribution in [3.05, 3.63) is 126 Å². The lowest BCUT2D eigenvalue weighted by Gasteiger charge is -2.25. The molecule has 9 heteroatoms. The molecule has 0 aliphatic carbocycles. The van der Waals surface area contributed by atoms with Gasteiger partial charge >= 0.3 is 11.9 Å². The van der Waals surface area contributed by atoms with Gasteiger partial charge in [0.15, 0.2) is 15.9 Å². The number of hydrogen-bond acceptors (Lipinski definition) is 8. The average molecular weight is 549 g/mol. The van der Waals surface area contributed by atoms with Crippen LogP contribution in [-0.4, -0.2) is 56.5 Å². The van der Waals surface area contributed by atoms with Gasteiger partial charge in [0.05, 0.1) is 22.1 Å². The number of hydrogen-bond donors (Lipinski definition) is 1. The van der Waals surface area contributed by atoms with Gasteiger partial charge in [0, 0.05) is 11.0 Å². The number of rotatable bonds is 10. The van der Waals surface area contributed by atoms with Gasteiger partial charge in [-0.15, -0.1) is 6.58 Å². The van der Waals surface area contributed by atoms with E-state index in [9.17, 15) is 23.1 Å². The second-order valence-corrected chi connectivity index (χ2v) is 10.6. The van der Waals surface area contributed by atoms with Crippen molar-refractivity contribution in [1.82, 2.24) is 0 Å². The Morgan fingerprint density at radius 1 is 0.897 bits per heavy atom. The van der Waals surface area contributed by atoms with Crippen molar-refractivity contribution in [2.24, 2.45) is 0 Å². The SMILES string of the molecule is C=CC[C@@H]1O[C@H](C(COC(=O)c2ccccc2)OC(=O)c2ccccc2)[C@H](O)/C1=C/S(=O)(=O)c1ccccc1. The second kappa shape index (κ2) is 12.7. The highest BCUT2D eigenvalue weighted by Crippen LogP contribution is 2.34. The second-order valence-electron chi connectivity index (χ2n) is 8.81. The van der Waals surface area contributed by atoms with Gasteiger partial charge in [-0.3, -0.25) is 0 Å². The molecule has 202 valence electrons. The zero-order valence-corrected chi connectivity index (χ0v) is 21.8. The van der Waals surface area contributed by atoms with E-state index in [4.69, 9.17) is 14.2 Å². The van der Waals surface area contributed by atoms with Crippen LogP contribution < -0.4 is 0 Å². The number of aliphatic hydroxyl groups excluding tert-OH is 1. The number of esters is 2. The van der Waals surface area contributed by atoms with Crippen LogP contribution >= 0.6 is 0 Å². The van der Waals surface area contributed by atoms with Crippen molar-refractivity contribution in [2.75, 3.05) is 6.61 Å². The van der Waals surface area contributed by atoms with Crippen LogP contribution in [-0.2, 0) is 24.0 Å². The van der Waals surface area contributed by atoms with E-state index in [1.54, 1.807) is 78.9 Å². The fourth-order valence-corrected chi connectivity index (χ4v) is 5.47. The molecule has 1 unspecified atom stereocenters. The molecule has 1 heterocycles. The first-order chi connectivity index (χ1) is 18.8. The summed E-state index contributed by atoms with van der Waals surface area (Å²) < 4.78 is 43.3. The molecule has 3 aromatic rings. The van der Waals surface area contributed by atoms with Crippen molar-refractivity contribution in [2.45, 2.75) is 35.7 Å². The van der Waals surface area contributed by atoms with E-state index in [1.807, 2.05) is 0 Å². The van der Waals surface area contributed by atoms with Crippen LogP contribution in [0, 0.1) is 0 Å². The summed E-state index contributed by atoms with van der Waals surface area (Å²) in [4.78, 5) is 25.6. The fourth-order valence-electron chi connectivity index (χ4n) is 4.15. The first kappa shape index (κ1) is 28.0. The Balaban J connectivity index is 1.63. The minimum atomic E-state index is -3.93. The molecule has 1 N–H and O–H groups in total. The number of benzene rings is 3. The smallest absolute Gasteiger partial charge is 0.338 e. The summed E-state index contributed by atoms with van der Waals surface area (Å²) >= 11 is 0. The van der Waals surface area contributed by atoms with Crippen LogP contribution in [0.1, 0.15) is 27.1 Å². The van der Waals surface area contributed by atoms with Crippen molar-refractivity contribution in [3.63, 3.8) is 0 Å². The van der Waals surface area contributed by atoms with Gasteiger partial charge in [0.2, 0.25) is 0 Å². The molecule has 0 saturated carbocycles. The van der Waals surface area contributed by atoms with Crippen LogP contribution in [0.3, 0.4) is 0 Å². The normalized spacial score (nSPS) is 20.7. The predicted octanol–water partition coefficient (Wildman–Crippen LogP) is 4.13. The van der Waals surface area contributed by atoms with Crippen molar-refractivity contribution in [1.29, 1.82) is 0 Å².